The average Bonchev–Trinajstić information content (AvgIpc) is 3.63. The van der Waals surface area contributed by atoms with Gasteiger partial charge in [0.2, 0.25) is 0 Å². The molecule has 0 atom stereocenters. The van der Waals surface area contributed by atoms with E-state index in [1.807, 2.05) is 58.3 Å². The fourth-order valence-electron chi connectivity index (χ4n) is 5.57. The van der Waals surface area contributed by atoms with Crippen LogP contribution in [0.15, 0.2) is 65.4 Å². The summed E-state index contributed by atoms with van der Waals surface area (Å²) in [5.74, 6) is 0.286. The second-order valence-corrected chi connectivity index (χ2v) is 17.1. The number of benzene rings is 2. The Balaban J connectivity index is 0.000000301. The van der Waals surface area contributed by atoms with Crippen LogP contribution in [0.4, 0.5) is 0 Å². The van der Waals surface area contributed by atoms with Crippen molar-refractivity contribution in [2.45, 2.75) is 105 Å². The van der Waals surface area contributed by atoms with Gasteiger partial charge < -0.3 is 5.11 Å². The molecule has 0 saturated heterocycles. The predicted octanol–water partition coefficient (Wildman–Crippen LogP) is 13.0. The van der Waals surface area contributed by atoms with E-state index in [9.17, 15) is 9.90 Å². The van der Waals surface area contributed by atoms with Crippen LogP contribution in [0.25, 0.3) is 41.6 Å². The summed E-state index contributed by atoms with van der Waals surface area (Å²) in [7, 11) is 0. The summed E-state index contributed by atoms with van der Waals surface area (Å²) in [6, 6.07) is 14.5. The number of ketones is 1. The number of thiophene rings is 2. The maximum Gasteiger partial charge on any atom is 0.164 e. The minimum absolute atomic E-state index is 0. The summed E-state index contributed by atoms with van der Waals surface area (Å²) in [5.41, 5.74) is 2.67. The summed E-state index contributed by atoms with van der Waals surface area (Å²) < 4.78 is 2.65. The van der Waals surface area contributed by atoms with Crippen LogP contribution in [0.5, 0.6) is 0 Å². The van der Waals surface area contributed by atoms with E-state index >= 15 is 0 Å². The maximum atomic E-state index is 12.2. The van der Waals surface area contributed by atoms with Gasteiger partial charge in [0.15, 0.2) is 5.78 Å². The van der Waals surface area contributed by atoms with E-state index in [1.165, 1.54) is 41.6 Å². The van der Waals surface area contributed by atoms with E-state index < -0.39 is 0 Å². The molecule has 259 valence electrons. The topological polar surface area (TPSA) is 63.1 Å². The van der Waals surface area contributed by atoms with E-state index in [2.05, 4.69) is 75.7 Å². The first kappa shape index (κ1) is 40.1. The second-order valence-electron chi connectivity index (χ2n) is 13.8. The molecule has 0 aliphatic rings. The molecule has 0 saturated carbocycles. The van der Waals surface area contributed by atoms with Crippen LogP contribution in [-0.4, -0.2) is 20.9 Å². The molecule has 0 amide bonds. The van der Waals surface area contributed by atoms with Crippen LogP contribution in [-0.2, 0) is 30.3 Å². The molecule has 0 bridgehead atoms. The number of nitrogens with zero attached hydrogens (tertiary/aromatic N) is 2. The Bertz CT molecular complexity index is 1940. The first-order chi connectivity index (χ1) is 22.2. The number of hydrogen-bond acceptors (Lipinski definition) is 7. The molecule has 0 unspecified atom stereocenters. The van der Waals surface area contributed by atoms with Crippen molar-refractivity contribution in [1.29, 1.82) is 0 Å². The van der Waals surface area contributed by atoms with Crippen molar-refractivity contribution < 1.29 is 30.0 Å². The third kappa shape index (κ3) is 8.16. The number of aliphatic hydroxyl groups excluding tert-OH is 1. The van der Waals surface area contributed by atoms with Crippen molar-refractivity contribution in [2.75, 3.05) is 0 Å². The molecule has 3 aromatic heterocycles. The van der Waals surface area contributed by atoms with Crippen LogP contribution >= 0.6 is 34.4 Å². The Labute approximate surface area is 312 Å². The first-order valence-electron chi connectivity index (χ1n) is 16.5. The van der Waals surface area contributed by atoms with Gasteiger partial charge in [0.05, 0.1) is 9.40 Å². The normalized spacial score (nSPS) is 12.6. The summed E-state index contributed by atoms with van der Waals surface area (Å²) >= 11 is 5.26. The third-order valence-corrected chi connectivity index (χ3v) is 12.9. The standard InChI is InChI=1S/C25H21N2S3.C15H28O2.Ir/c1-6-28-19-10-8-15(12-18(19)25(3,4)5)21-20-17-9-7-16-11-14(2)29-22(16)23(17)30-24(20)27-13-26-21;1-7-14(5,8-2)12(16)11-13(17)15(6,9-3)10-4;/h6-7,9-13H,1H2,2-5H3;11,16H,7-10H2,1-6H3;/q-1;;/b;12-11-;. The summed E-state index contributed by atoms with van der Waals surface area (Å²) in [6.07, 6.45) is 6.44. The molecule has 1 N–H and O–H groups in total. The molecular weight excluding hydrogens is 829 g/mol. The Morgan fingerprint density at radius 2 is 1.60 bits per heavy atom. The number of hydrogen-bond donors (Lipinski definition) is 1. The van der Waals surface area contributed by atoms with E-state index in [0.29, 0.717) is 0 Å². The van der Waals surface area contributed by atoms with Gasteiger partial charge in [-0.2, -0.15) is 11.8 Å². The fourth-order valence-corrected chi connectivity index (χ4v) is 8.66. The zero-order valence-electron chi connectivity index (χ0n) is 30.0. The van der Waals surface area contributed by atoms with Crippen LogP contribution in [0, 0.1) is 23.8 Å². The van der Waals surface area contributed by atoms with Crippen LogP contribution < -0.4 is 0 Å². The number of carbonyl (C=O) groups is 1. The Hall–Kier alpha value is -2.35. The molecule has 0 aliphatic carbocycles. The van der Waals surface area contributed by atoms with Crippen LogP contribution in [0.3, 0.4) is 0 Å². The number of aryl methyl sites for hydroxylation is 1. The zero-order valence-corrected chi connectivity index (χ0v) is 34.8. The fraction of sp³-hybridized carbons (Fsp3) is 0.425. The van der Waals surface area contributed by atoms with Crippen molar-refractivity contribution in [3.8, 4) is 11.3 Å². The summed E-state index contributed by atoms with van der Waals surface area (Å²) in [4.78, 5) is 25.1. The molecule has 2 aromatic carbocycles. The Kier molecular flexibility index (Phi) is 13.5. The number of allylic oxidation sites excluding steroid dienone is 2. The number of thioether (sulfide) groups is 1. The number of rotatable bonds is 10. The summed E-state index contributed by atoms with van der Waals surface area (Å²) in [6.45, 7) is 24.9. The maximum absolute atomic E-state index is 12.2. The molecule has 0 aliphatic heterocycles. The van der Waals surface area contributed by atoms with Crippen molar-refractivity contribution in [3.63, 3.8) is 0 Å². The average molecular weight is 878 g/mol. The molecule has 48 heavy (non-hydrogen) atoms. The SMILES string of the molecule is C=CSc1c[c-]c(-c2ncnc3sc4c(ccc5cc(C)sc54)c23)cc1C(C)(C)C.CCC(C)(CC)C(=O)/C=C(\O)C(C)(CC)CC.[Ir]. The van der Waals surface area contributed by atoms with Gasteiger partial charge >= 0.3 is 0 Å². The number of aliphatic hydroxyl groups is 1. The predicted molar refractivity (Wildman–Crippen MR) is 207 cm³/mol. The summed E-state index contributed by atoms with van der Waals surface area (Å²) in [5, 5.41) is 15.7. The number of fused-ring (bicyclic) bond motifs is 5. The first-order valence-corrected chi connectivity index (χ1v) is 19.0. The molecule has 4 nitrogen and oxygen atoms in total. The quantitative estimate of drug-likeness (QED) is 0.0655. The minimum Gasteiger partial charge on any atom is -0.512 e. The Morgan fingerprint density at radius 3 is 2.19 bits per heavy atom. The van der Waals surface area contributed by atoms with Crippen LogP contribution in [0.1, 0.15) is 98.4 Å². The van der Waals surface area contributed by atoms with E-state index in [-0.39, 0.29) is 47.9 Å². The van der Waals surface area contributed by atoms with Crippen molar-refractivity contribution in [2.24, 2.45) is 10.8 Å². The molecule has 5 rings (SSSR count). The van der Waals surface area contributed by atoms with Gasteiger partial charge in [-0.1, -0.05) is 85.9 Å². The molecule has 5 aromatic rings. The van der Waals surface area contributed by atoms with Gasteiger partial charge in [0, 0.05) is 53.0 Å². The minimum atomic E-state index is -0.337. The van der Waals surface area contributed by atoms with Gasteiger partial charge in [0.25, 0.3) is 0 Å². The van der Waals surface area contributed by atoms with Gasteiger partial charge in [-0.25, -0.2) is 4.98 Å². The third-order valence-electron chi connectivity index (χ3n) is 9.83. The molecule has 0 fully saturated rings. The van der Waals surface area contributed by atoms with Gasteiger partial charge in [-0.15, -0.1) is 52.0 Å². The molecule has 3 heterocycles. The Morgan fingerprint density at radius 1 is 0.958 bits per heavy atom. The van der Waals surface area contributed by atoms with E-state index in [4.69, 9.17) is 4.98 Å². The number of carbonyl (C=O) groups excluding carboxylic acids is 1. The van der Waals surface area contributed by atoms with Gasteiger partial charge in [-0.05, 0) is 60.3 Å². The van der Waals surface area contributed by atoms with E-state index in [1.54, 1.807) is 29.4 Å². The van der Waals surface area contributed by atoms with E-state index in [0.717, 1.165) is 47.2 Å². The van der Waals surface area contributed by atoms with Gasteiger partial charge in [0.1, 0.15) is 16.9 Å². The second kappa shape index (κ2) is 16.1. The monoisotopic (exact) mass is 878 g/mol. The molecule has 1 radical (unpaired) electrons. The molecule has 0 spiro atoms. The number of aromatic nitrogens is 2. The van der Waals surface area contributed by atoms with Crippen molar-refractivity contribution in [3.05, 3.63) is 77.0 Å². The van der Waals surface area contributed by atoms with Gasteiger partial charge in [-0.3, -0.25) is 9.78 Å². The van der Waals surface area contributed by atoms with Crippen molar-refractivity contribution >= 4 is 70.6 Å². The molecular formula is C40H49IrN2O2S3-. The van der Waals surface area contributed by atoms with Crippen LogP contribution in [0.2, 0.25) is 0 Å². The largest absolute Gasteiger partial charge is 0.512 e. The smallest absolute Gasteiger partial charge is 0.164 e. The van der Waals surface area contributed by atoms with Crippen molar-refractivity contribution in [1.82, 2.24) is 9.97 Å². The molecule has 8 heteroatoms. The zero-order chi connectivity index (χ0) is 34.7.